The Balaban J connectivity index is 3.22. The number of methoxy groups -OCH3 is 1. The second kappa shape index (κ2) is 3.31. The molecule has 0 amide bonds. The molecule has 1 aromatic heterocycles. The highest BCUT2D eigenvalue weighted by Crippen LogP contribution is 2.19. The zero-order chi connectivity index (χ0) is 9.30. The Labute approximate surface area is 79.5 Å². The van der Waals surface area contributed by atoms with Crippen molar-refractivity contribution in [3.63, 3.8) is 0 Å². The summed E-state index contributed by atoms with van der Waals surface area (Å²) < 4.78 is 7.26. The van der Waals surface area contributed by atoms with Crippen LogP contribution in [-0.2, 0) is 11.8 Å². The summed E-state index contributed by atoms with van der Waals surface area (Å²) in [5.74, 6) is -0.305. The van der Waals surface area contributed by atoms with Gasteiger partial charge in [0, 0.05) is 7.05 Å². The summed E-state index contributed by atoms with van der Waals surface area (Å²) in [5, 5.41) is 0. The third-order valence-corrected chi connectivity index (χ3v) is 2.50. The lowest BCUT2D eigenvalue weighted by molar-refractivity contribution is 0.0589. The maximum atomic E-state index is 11.2. The number of carbonyl (C=O) groups is 1. The largest absolute Gasteiger partial charge is 0.464 e. The number of aromatic nitrogens is 1. The molecule has 1 heterocycles. The molecule has 1 rings (SSSR count). The van der Waals surface area contributed by atoms with Crippen LogP contribution in [0.25, 0.3) is 0 Å². The predicted octanol–water partition coefficient (Wildman–Crippen LogP) is 1.88. The Morgan fingerprint density at radius 1 is 1.67 bits per heavy atom. The third kappa shape index (κ3) is 1.39. The molecule has 0 N–H and O–H groups in total. The summed E-state index contributed by atoms with van der Waals surface area (Å²) in [6.45, 7) is 1.87. The topological polar surface area (TPSA) is 31.2 Å². The first-order valence-corrected chi connectivity index (χ1v) is 4.27. The van der Waals surface area contributed by atoms with Gasteiger partial charge in [0.1, 0.15) is 5.69 Å². The van der Waals surface area contributed by atoms with E-state index in [1.165, 1.54) is 7.11 Å². The normalized spacial score (nSPS) is 10.0. The van der Waals surface area contributed by atoms with E-state index < -0.39 is 0 Å². The molecular weight excluding hydrogens is 222 g/mol. The van der Waals surface area contributed by atoms with Gasteiger partial charge < -0.3 is 9.30 Å². The highest BCUT2D eigenvalue weighted by Gasteiger charge is 2.15. The van der Waals surface area contributed by atoms with Crippen LogP contribution in [0.4, 0.5) is 0 Å². The lowest BCUT2D eigenvalue weighted by atomic mass is 10.3. The molecule has 0 aliphatic rings. The zero-order valence-corrected chi connectivity index (χ0v) is 8.81. The van der Waals surface area contributed by atoms with Crippen LogP contribution in [0, 0.1) is 6.92 Å². The van der Waals surface area contributed by atoms with E-state index in [0.717, 1.165) is 10.2 Å². The van der Waals surface area contributed by atoms with Gasteiger partial charge in [0.25, 0.3) is 0 Å². The van der Waals surface area contributed by atoms with Crippen molar-refractivity contribution < 1.29 is 9.53 Å². The molecule has 3 nitrogen and oxygen atoms in total. The second-order valence-electron chi connectivity index (χ2n) is 2.55. The molecule has 0 fully saturated rings. The molecule has 0 saturated heterocycles. The fraction of sp³-hybridized carbons (Fsp3) is 0.375. The molecule has 66 valence electrons. The van der Waals surface area contributed by atoms with E-state index in [0.29, 0.717) is 5.69 Å². The van der Waals surface area contributed by atoms with Gasteiger partial charge in [0.15, 0.2) is 0 Å². The van der Waals surface area contributed by atoms with E-state index in [1.54, 1.807) is 4.57 Å². The number of aryl methyl sites for hydroxylation is 1. The number of nitrogens with zero attached hydrogens (tertiary/aromatic N) is 1. The SMILES string of the molecule is COC(=O)c1c(C)cc(Br)n1C. The first-order valence-electron chi connectivity index (χ1n) is 3.48. The summed E-state index contributed by atoms with van der Waals surface area (Å²) in [6, 6.07) is 1.88. The fourth-order valence-corrected chi connectivity index (χ4v) is 1.63. The predicted molar refractivity (Wildman–Crippen MR) is 49.2 cm³/mol. The molecule has 0 saturated carbocycles. The van der Waals surface area contributed by atoms with Gasteiger partial charge in [-0.15, -0.1) is 0 Å². The van der Waals surface area contributed by atoms with Crippen LogP contribution in [-0.4, -0.2) is 17.6 Å². The maximum absolute atomic E-state index is 11.2. The van der Waals surface area contributed by atoms with Crippen LogP contribution in [0.15, 0.2) is 10.7 Å². The highest BCUT2D eigenvalue weighted by molar-refractivity contribution is 9.10. The van der Waals surface area contributed by atoms with Gasteiger partial charge in [-0.2, -0.15) is 0 Å². The number of halogens is 1. The average molecular weight is 232 g/mol. The van der Waals surface area contributed by atoms with E-state index >= 15 is 0 Å². The van der Waals surface area contributed by atoms with Crippen molar-refractivity contribution in [1.29, 1.82) is 0 Å². The molecule has 0 bridgehead atoms. The summed E-state index contributed by atoms with van der Waals surface area (Å²) >= 11 is 3.32. The van der Waals surface area contributed by atoms with Gasteiger partial charge >= 0.3 is 5.97 Å². The van der Waals surface area contributed by atoms with Crippen LogP contribution in [0.1, 0.15) is 16.1 Å². The second-order valence-corrected chi connectivity index (χ2v) is 3.36. The molecule has 4 heteroatoms. The van der Waals surface area contributed by atoms with Crippen molar-refractivity contribution in [1.82, 2.24) is 4.57 Å². The molecule has 0 aliphatic carbocycles. The minimum absolute atomic E-state index is 0.305. The molecule has 0 radical (unpaired) electrons. The fourth-order valence-electron chi connectivity index (χ4n) is 1.11. The van der Waals surface area contributed by atoms with Gasteiger partial charge in [-0.25, -0.2) is 4.79 Å². The Hall–Kier alpha value is -0.770. The number of hydrogen-bond acceptors (Lipinski definition) is 2. The molecule has 1 aromatic rings. The van der Waals surface area contributed by atoms with Crippen LogP contribution >= 0.6 is 15.9 Å². The van der Waals surface area contributed by atoms with Crippen molar-refractivity contribution in [2.75, 3.05) is 7.11 Å². The van der Waals surface area contributed by atoms with E-state index in [4.69, 9.17) is 0 Å². The zero-order valence-electron chi connectivity index (χ0n) is 7.22. The van der Waals surface area contributed by atoms with Crippen LogP contribution < -0.4 is 0 Å². The molecule has 0 spiro atoms. The van der Waals surface area contributed by atoms with Crippen LogP contribution in [0.5, 0.6) is 0 Å². The number of ether oxygens (including phenoxy) is 1. The molecule has 0 atom stereocenters. The summed E-state index contributed by atoms with van der Waals surface area (Å²) in [6.07, 6.45) is 0. The first kappa shape index (κ1) is 9.32. The lowest BCUT2D eigenvalue weighted by Crippen LogP contribution is -2.08. The number of esters is 1. The van der Waals surface area contributed by atoms with Crippen LogP contribution in [0.2, 0.25) is 0 Å². The molecule has 0 unspecified atom stereocenters. The minimum atomic E-state index is -0.305. The quantitative estimate of drug-likeness (QED) is 0.692. The summed E-state index contributed by atoms with van der Waals surface area (Å²) in [5.41, 5.74) is 1.50. The van der Waals surface area contributed by atoms with Gasteiger partial charge in [0.2, 0.25) is 0 Å². The van der Waals surface area contributed by atoms with Crippen LogP contribution in [0.3, 0.4) is 0 Å². The molecule has 12 heavy (non-hydrogen) atoms. The van der Waals surface area contributed by atoms with E-state index in [2.05, 4.69) is 20.7 Å². The van der Waals surface area contributed by atoms with Crippen molar-refractivity contribution in [2.24, 2.45) is 7.05 Å². The first-order chi connectivity index (χ1) is 5.57. The highest BCUT2D eigenvalue weighted by atomic mass is 79.9. The lowest BCUT2D eigenvalue weighted by Gasteiger charge is -2.02. The van der Waals surface area contributed by atoms with Crippen molar-refractivity contribution in [2.45, 2.75) is 6.92 Å². The van der Waals surface area contributed by atoms with Crippen molar-refractivity contribution in [3.05, 3.63) is 21.9 Å². The number of rotatable bonds is 1. The van der Waals surface area contributed by atoms with E-state index in [-0.39, 0.29) is 5.97 Å². The Bertz CT molecular complexity index is 317. The van der Waals surface area contributed by atoms with Gasteiger partial charge in [0.05, 0.1) is 11.7 Å². The third-order valence-electron chi connectivity index (χ3n) is 1.74. The van der Waals surface area contributed by atoms with Gasteiger partial charge in [-0.1, -0.05) is 0 Å². The molecule has 0 aliphatic heterocycles. The molecular formula is C8H10BrNO2. The Morgan fingerprint density at radius 2 is 2.25 bits per heavy atom. The summed E-state index contributed by atoms with van der Waals surface area (Å²) in [7, 11) is 3.19. The van der Waals surface area contributed by atoms with Crippen molar-refractivity contribution in [3.8, 4) is 0 Å². The Kier molecular flexibility index (Phi) is 2.57. The van der Waals surface area contributed by atoms with E-state index in [1.807, 2.05) is 20.0 Å². The summed E-state index contributed by atoms with van der Waals surface area (Å²) in [4.78, 5) is 11.2. The van der Waals surface area contributed by atoms with Crippen molar-refractivity contribution >= 4 is 21.9 Å². The molecule has 0 aromatic carbocycles. The minimum Gasteiger partial charge on any atom is -0.464 e. The monoisotopic (exact) mass is 231 g/mol. The smallest absolute Gasteiger partial charge is 0.354 e. The number of carbonyl (C=O) groups excluding carboxylic acids is 1. The number of hydrogen-bond donors (Lipinski definition) is 0. The average Bonchev–Trinajstić information content (AvgIpc) is 2.26. The Morgan fingerprint density at radius 3 is 2.58 bits per heavy atom. The van der Waals surface area contributed by atoms with Gasteiger partial charge in [-0.05, 0) is 34.5 Å². The van der Waals surface area contributed by atoms with Gasteiger partial charge in [-0.3, -0.25) is 0 Å². The van der Waals surface area contributed by atoms with E-state index in [9.17, 15) is 4.79 Å². The maximum Gasteiger partial charge on any atom is 0.354 e. The standard InChI is InChI=1S/C8H10BrNO2/c1-5-4-6(9)10(2)7(5)8(11)12-3/h4H,1-3H3.